The summed E-state index contributed by atoms with van der Waals surface area (Å²) in [6.45, 7) is 3.51. The van der Waals surface area contributed by atoms with Gasteiger partial charge in [-0.3, -0.25) is 14.4 Å². The summed E-state index contributed by atoms with van der Waals surface area (Å²) in [4.78, 5) is 51.1. The van der Waals surface area contributed by atoms with Gasteiger partial charge in [0.1, 0.15) is 5.82 Å². The minimum atomic E-state index is -0.237. The van der Waals surface area contributed by atoms with Crippen LogP contribution in [-0.4, -0.2) is 64.9 Å². The van der Waals surface area contributed by atoms with E-state index in [9.17, 15) is 14.4 Å². The van der Waals surface area contributed by atoms with E-state index >= 15 is 0 Å². The van der Waals surface area contributed by atoms with E-state index in [1.807, 2.05) is 30.3 Å². The number of piperidine rings is 3. The van der Waals surface area contributed by atoms with Crippen molar-refractivity contribution in [3.8, 4) is 11.3 Å². The van der Waals surface area contributed by atoms with E-state index in [-0.39, 0.29) is 28.7 Å². The minimum Gasteiger partial charge on any atom is -0.359 e. The highest BCUT2D eigenvalue weighted by molar-refractivity contribution is 5.83. The second-order valence-corrected chi connectivity index (χ2v) is 10.8. The Hall–Kier alpha value is -3.46. The highest BCUT2D eigenvalue weighted by atomic mass is 16.2. The van der Waals surface area contributed by atoms with Gasteiger partial charge >= 0.3 is 0 Å². The summed E-state index contributed by atoms with van der Waals surface area (Å²) < 4.78 is 0. The van der Waals surface area contributed by atoms with Crippen LogP contribution in [0, 0.1) is 5.41 Å². The van der Waals surface area contributed by atoms with E-state index in [2.05, 4.69) is 30.5 Å². The Balaban J connectivity index is 1.30. The largest absolute Gasteiger partial charge is 0.359 e. The van der Waals surface area contributed by atoms with Crippen LogP contribution in [0.25, 0.3) is 22.2 Å². The predicted molar refractivity (Wildman–Crippen MR) is 148 cm³/mol. The Bertz CT molecular complexity index is 1320. The topological polar surface area (TPSA) is 123 Å². The van der Waals surface area contributed by atoms with Crippen LogP contribution in [0.2, 0.25) is 0 Å². The van der Waals surface area contributed by atoms with Crippen molar-refractivity contribution >= 4 is 22.7 Å². The molecule has 38 heavy (non-hydrogen) atoms. The van der Waals surface area contributed by atoms with Gasteiger partial charge in [0.2, 0.25) is 11.8 Å². The zero-order chi connectivity index (χ0) is 26.5. The Morgan fingerprint density at radius 1 is 1.08 bits per heavy atom. The lowest BCUT2D eigenvalue weighted by Crippen LogP contribution is -2.55. The smallest absolute Gasteiger partial charge is 0.257 e. The molecule has 202 valence electrons. The van der Waals surface area contributed by atoms with Gasteiger partial charge < -0.3 is 25.5 Å². The molecule has 0 aliphatic carbocycles. The van der Waals surface area contributed by atoms with E-state index in [0.29, 0.717) is 24.2 Å². The van der Waals surface area contributed by atoms with E-state index < -0.39 is 0 Å². The molecule has 2 bridgehead atoms. The molecule has 2 aromatic heterocycles. The lowest BCUT2D eigenvalue weighted by molar-refractivity contribution is -0.138. The molecule has 3 aliphatic heterocycles. The number of aromatic amines is 2. The van der Waals surface area contributed by atoms with Crippen LogP contribution in [0.1, 0.15) is 63.1 Å². The molecule has 3 aromatic rings. The van der Waals surface area contributed by atoms with Gasteiger partial charge in [-0.25, -0.2) is 4.98 Å². The molecule has 4 N–H and O–H groups in total. The van der Waals surface area contributed by atoms with Crippen molar-refractivity contribution in [2.45, 2.75) is 57.3 Å². The molecule has 1 unspecified atom stereocenters. The van der Waals surface area contributed by atoms with Crippen LogP contribution in [0.5, 0.6) is 0 Å². The number of nitrogens with zero attached hydrogens (tertiary/aromatic N) is 2. The van der Waals surface area contributed by atoms with E-state index in [4.69, 9.17) is 0 Å². The van der Waals surface area contributed by atoms with Crippen molar-refractivity contribution in [2.75, 3.05) is 33.2 Å². The summed E-state index contributed by atoms with van der Waals surface area (Å²) in [5, 5.41) is 6.89. The summed E-state index contributed by atoms with van der Waals surface area (Å²) in [6, 6.07) is 9.59. The minimum absolute atomic E-state index is 0.00711. The van der Waals surface area contributed by atoms with Crippen LogP contribution in [0.4, 0.5) is 0 Å². The standard InChI is InChI=1S/C29H38N6O3/c1-30-25(36)10-4-2-3-8-21(18-32-28(38)29-11-14-35(15-12-29)16-13-29)26-31-19-24(33-26)22-17-20-7-5-6-9-23(20)34-27(22)37/h5-7,9,17,19,21H,2-4,8,10-16,18H2,1H3,(H,30,36)(H,31,33)(H,32,38)(H,34,37). The van der Waals surface area contributed by atoms with Gasteiger partial charge in [0.25, 0.3) is 5.56 Å². The van der Waals surface area contributed by atoms with Gasteiger partial charge in [0.05, 0.1) is 22.9 Å². The first kappa shape index (κ1) is 26.2. The lowest BCUT2D eigenvalue weighted by atomic mass is 9.71. The molecular formula is C29H38N6O3. The summed E-state index contributed by atoms with van der Waals surface area (Å²) in [5.41, 5.74) is 1.61. The molecule has 0 radical (unpaired) electrons. The number of para-hydroxylation sites is 1. The molecule has 3 saturated heterocycles. The summed E-state index contributed by atoms with van der Waals surface area (Å²) in [5.74, 6) is 0.990. The van der Waals surface area contributed by atoms with E-state index in [1.165, 1.54) is 0 Å². The quantitative estimate of drug-likeness (QED) is 0.290. The van der Waals surface area contributed by atoms with Crippen molar-refractivity contribution in [1.82, 2.24) is 30.5 Å². The maximum atomic E-state index is 13.3. The first-order chi connectivity index (χ1) is 18.5. The highest BCUT2D eigenvalue weighted by Gasteiger charge is 2.45. The van der Waals surface area contributed by atoms with Gasteiger partial charge in [-0.2, -0.15) is 0 Å². The van der Waals surface area contributed by atoms with Crippen LogP contribution in [-0.2, 0) is 9.59 Å². The van der Waals surface area contributed by atoms with Crippen molar-refractivity contribution in [3.05, 3.63) is 52.7 Å². The molecule has 1 aromatic carbocycles. The fourth-order valence-electron chi connectivity index (χ4n) is 5.91. The Morgan fingerprint density at radius 2 is 1.84 bits per heavy atom. The van der Waals surface area contributed by atoms with Crippen LogP contribution >= 0.6 is 0 Å². The molecule has 2 amide bonds. The molecule has 5 heterocycles. The first-order valence-electron chi connectivity index (χ1n) is 13.9. The number of amides is 2. The maximum Gasteiger partial charge on any atom is 0.257 e. The molecule has 0 spiro atoms. The van der Waals surface area contributed by atoms with Gasteiger partial charge in [0.15, 0.2) is 0 Å². The third-order valence-corrected chi connectivity index (χ3v) is 8.47. The van der Waals surface area contributed by atoms with Crippen molar-refractivity contribution in [2.24, 2.45) is 5.41 Å². The fraction of sp³-hybridized carbons (Fsp3) is 0.517. The van der Waals surface area contributed by atoms with Gasteiger partial charge in [-0.1, -0.05) is 31.0 Å². The number of imidazole rings is 1. The van der Waals surface area contributed by atoms with E-state index in [0.717, 1.165) is 81.3 Å². The molecule has 9 heteroatoms. The number of fused-ring (bicyclic) bond motifs is 4. The Morgan fingerprint density at radius 3 is 2.61 bits per heavy atom. The van der Waals surface area contributed by atoms with Crippen molar-refractivity contribution in [3.63, 3.8) is 0 Å². The number of benzene rings is 1. The zero-order valence-electron chi connectivity index (χ0n) is 22.1. The second-order valence-electron chi connectivity index (χ2n) is 10.8. The number of carbonyl (C=O) groups excluding carboxylic acids is 2. The molecule has 3 fully saturated rings. The Kier molecular flexibility index (Phi) is 7.93. The first-order valence-corrected chi connectivity index (χ1v) is 13.9. The molecule has 1 atom stereocenters. The van der Waals surface area contributed by atoms with Crippen molar-refractivity contribution in [1.29, 1.82) is 0 Å². The normalized spacial score (nSPS) is 21.3. The number of unbranched alkanes of at least 4 members (excludes halogenated alkanes) is 2. The SMILES string of the molecule is CNC(=O)CCCCCC(CNC(=O)C12CCN(CC1)CC2)c1ncc(-c2cc3ccccc3[nH]c2=O)[nH]1. The Labute approximate surface area is 222 Å². The number of H-pyrrole nitrogens is 2. The summed E-state index contributed by atoms with van der Waals surface area (Å²) in [6.07, 6.45) is 8.53. The summed E-state index contributed by atoms with van der Waals surface area (Å²) >= 11 is 0. The molecule has 6 rings (SSSR count). The van der Waals surface area contributed by atoms with Crippen LogP contribution in [0.15, 0.2) is 41.3 Å². The number of pyridine rings is 1. The number of aromatic nitrogens is 3. The zero-order valence-corrected chi connectivity index (χ0v) is 22.1. The predicted octanol–water partition coefficient (Wildman–Crippen LogP) is 3.30. The van der Waals surface area contributed by atoms with Crippen molar-refractivity contribution < 1.29 is 9.59 Å². The number of hydrogen-bond donors (Lipinski definition) is 4. The fourth-order valence-corrected chi connectivity index (χ4v) is 5.91. The molecular weight excluding hydrogens is 480 g/mol. The molecule has 3 aliphatic rings. The van der Waals surface area contributed by atoms with Gasteiger partial charge in [0, 0.05) is 31.4 Å². The monoisotopic (exact) mass is 518 g/mol. The van der Waals surface area contributed by atoms with Gasteiger partial charge in [-0.05, 0) is 69.3 Å². The number of carbonyl (C=O) groups is 2. The number of hydrogen-bond acceptors (Lipinski definition) is 5. The highest BCUT2D eigenvalue weighted by Crippen LogP contribution is 2.40. The molecule has 0 saturated carbocycles. The summed E-state index contributed by atoms with van der Waals surface area (Å²) in [7, 11) is 1.66. The van der Waals surface area contributed by atoms with Crippen LogP contribution in [0.3, 0.4) is 0 Å². The second kappa shape index (κ2) is 11.5. The lowest BCUT2D eigenvalue weighted by Gasteiger charge is -2.47. The van der Waals surface area contributed by atoms with Gasteiger partial charge in [-0.15, -0.1) is 0 Å². The average molecular weight is 519 g/mol. The number of nitrogens with one attached hydrogen (secondary N) is 4. The van der Waals surface area contributed by atoms with E-state index in [1.54, 1.807) is 13.2 Å². The average Bonchev–Trinajstić information content (AvgIpc) is 3.44. The molecule has 9 nitrogen and oxygen atoms in total. The van der Waals surface area contributed by atoms with Crippen LogP contribution < -0.4 is 16.2 Å². The maximum absolute atomic E-state index is 13.3. The number of rotatable bonds is 11. The third kappa shape index (κ3) is 5.67. The third-order valence-electron chi connectivity index (χ3n) is 8.47.